The average Bonchev–Trinajstić information content (AvgIpc) is 0. The zero-order chi connectivity index (χ0) is 0. The molecular formula is CuMo2N2. The Morgan fingerprint density at radius 3 is 0.800 bits per heavy atom. The van der Waals surface area contributed by atoms with Crippen molar-refractivity contribution in [2.24, 2.45) is 0 Å². The molecule has 0 N–H and O–H groups in total. The molecule has 0 amide bonds. The van der Waals surface area contributed by atoms with Crippen molar-refractivity contribution in [2.75, 3.05) is 0 Å². The number of hydrogen-bond acceptors (Lipinski definition) is 0. The summed E-state index contributed by atoms with van der Waals surface area (Å²) in [4.78, 5) is 0. The van der Waals surface area contributed by atoms with Crippen LogP contribution in [0.4, 0.5) is 0 Å². The first-order valence-corrected chi connectivity index (χ1v) is 0. The van der Waals surface area contributed by atoms with Crippen LogP contribution in [0, 0.1) is 0 Å². The van der Waals surface area contributed by atoms with Crippen LogP contribution in [-0.4, -0.2) is 0 Å². The maximum absolute atomic E-state index is 0. The van der Waals surface area contributed by atoms with Gasteiger partial charge in [-0.1, -0.05) is 0 Å². The molecule has 5 heavy (non-hydrogen) atoms. The summed E-state index contributed by atoms with van der Waals surface area (Å²) in [6.45, 7) is 0. The van der Waals surface area contributed by atoms with Crippen molar-refractivity contribution in [3.05, 3.63) is 12.3 Å². The molecule has 5 heteroatoms. The van der Waals surface area contributed by atoms with E-state index in [4.69, 9.17) is 0 Å². The van der Waals surface area contributed by atoms with E-state index in [2.05, 4.69) is 0 Å². The quantitative estimate of drug-likeness (QED) is 0.584. The van der Waals surface area contributed by atoms with Crippen LogP contribution in [0.1, 0.15) is 0 Å². The summed E-state index contributed by atoms with van der Waals surface area (Å²) in [5.74, 6) is 0. The molecule has 0 aliphatic carbocycles. The smallest absolute Gasteiger partial charge is 3.00 e. The van der Waals surface area contributed by atoms with E-state index < -0.39 is 0 Å². The molecule has 0 aromatic rings. The number of rotatable bonds is 0. The second-order valence-electron chi connectivity index (χ2n) is 0. The van der Waals surface area contributed by atoms with Gasteiger partial charge in [-0.15, -0.1) is 0 Å². The molecule has 0 saturated carbocycles. The fraction of sp³-hybridized carbons (Fsp3) is 0. The molecule has 0 atom stereocenters. The summed E-state index contributed by atoms with van der Waals surface area (Å²) in [5.41, 5.74) is 0. The molecule has 1 radical (unpaired) electrons. The summed E-state index contributed by atoms with van der Waals surface area (Å²) >= 11 is 0. The third kappa shape index (κ3) is 25.7. The van der Waals surface area contributed by atoms with Gasteiger partial charge in [-0.2, -0.15) is 0 Å². The minimum absolute atomic E-state index is 0. The maximum atomic E-state index is 0. The molecule has 33 valence electrons. The van der Waals surface area contributed by atoms with Gasteiger partial charge in [0.05, 0.1) is 0 Å². The molecule has 0 fully saturated rings. The summed E-state index contributed by atoms with van der Waals surface area (Å²) < 4.78 is 0. The van der Waals surface area contributed by atoms with E-state index in [-0.39, 0.29) is 71.5 Å². The molecule has 0 aromatic heterocycles. The standard InChI is InChI=1S/Cu.2Mo.2N/q;;+6;2*-3. The molecule has 0 spiro atoms. The fourth-order valence-corrected chi connectivity index (χ4v) is 0. The third-order valence-electron chi connectivity index (χ3n) is 0. The van der Waals surface area contributed by atoms with Crippen LogP contribution >= 0.6 is 0 Å². The zero-order valence-corrected chi connectivity index (χ0v) is 6.97. The molecule has 0 bridgehead atoms. The van der Waals surface area contributed by atoms with Gasteiger partial charge >= 0.3 is 21.1 Å². The number of nitrogens with zero attached hydrogens (tertiary/aromatic N) is 2. The first kappa shape index (κ1) is 69.9. The molecule has 0 rings (SSSR count). The Kier molecular flexibility index (Phi) is 572. The molecular weight excluding hydrogens is 283 g/mol. The molecule has 0 aliphatic heterocycles. The van der Waals surface area contributed by atoms with Crippen molar-refractivity contribution < 1.29 is 59.2 Å². The minimum Gasteiger partial charge on any atom is -3.00 e. The van der Waals surface area contributed by atoms with Crippen LogP contribution in [0.2, 0.25) is 0 Å². The van der Waals surface area contributed by atoms with Crippen LogP contribution in [0.3, 0.4) is 0 Å². The van der Waals surface area contributed by atoms with Gasteiger partial charge in [0.2, 0.25) is 0 Å². The molecule has 0 saturated heterocycles. The zero-order valence-electron chi connectivity index (χ0n) is 2.01. The van der Waals surface area contributed by atoms with E-state index in [1.165, 1.54) is 0 Å². The Morgan fingerprint density at radius 2 is 0.800 bits per heavy atom. The van der Waals surface area contributed by atoms with E-state index >= 15 is 0 Å². The SMILES string of the molecule is [Cu].[Mo+6].[Mo].[N-3].[N-3]. The number of hydrogen-bond donors (Lipinski definition) is 0. The van der Waals surface area contributed by atoms with E-state index in [0.717, 1.165) is 0 Å². The summed E-state index contributed by atoms with van der Waals surface area (Å²) in [6.07, 6.45) is 0. The summed E-state index contributed by atoms with van der Waals surface area (Å²) in [7, 11) is 0. The molecule has 2 nitrogen and oxygen atoms in total. The van der Waals surface area contributed by atoms with Crippen molar-refractivity contribution in [3.63, 3.8) is 0 Å². The molecule has 0 heterocycles. The largest absolute Gasteiger partial charge is 6.00 e. The van der Waals surface area contributed by atoms with E-state index in [1.807, 2.05) is 0 Å². The molecule has 0 aliphatic rings. The average molecular weight is 283 g/mol. The Morgan fingerprint density at radius 1 is 0.800 bits per heavy atom. The topological polar surface area (TPSA) is 61.0 Å². The van der Waals surface area contributed by atoms with Gasteiger partial charge in [0.15, 0.2) is 0 Å². The van der Waals surface area contributed by atoms with Crippen molar-refractivity contribution >= 4 is 0 Å². The van der Waals surface area contributed by atoms with Gasteiger partial charge < -0.3 is 12.3 Å². The maximum Gasteiger partial charge on any atom is 6.00 e. The monoisotopic (exact) mass is 287 g/mol. The van der Waals surface area contributed by atoms with Crippen LogP contribution in [0.15, 0.2) is 0 Å². The summed E-state index contributed by atoms with van der Waals surface area (Å²) in [5, 5.41) is 0. The first-order valence-electron chi connectivity index (χ1n) is 0. The molecule has 0 aromatic carbocycles. The fourth-order valence-electron chi connectivity index (χ4n) is 0. The predicted octanol–water partition coefficient (Wildman–Crippen LogP) is 0.570. The van der Waals surface area contributed by atoms with Crippen molar-refractivity contribution in [1.29, 1.82) is 0 Å². The van der Waals surface area contributed by atoms with Gasteiger partial charge in [-0.25, -0.2) is 0 Å². The van der Waals surface area contributed by atoms with E-state index in [1.54, 1.807) is 0 Å². The normalized spacial score (nSPS) is 0. The van der Waals surface area contributed by atoms with Gasteiger partial charge in [0.1, 0.15) is 0 Å². The minimum atomic E-state index is 0. The van der Waals surface area contributed by atoms with Gasteiger partial charge in [-0.05, 0) is 0 Å². The Hall–Kier alpha value is 1.82. The van der Waals surface area contributed by atoms with E-state index in [0.29, 0.717) is 0 Å². The Balaban J connectivity index is 0. The van der Waals surface area contributed by atoms with Crippen LogP contribution in [-0.2, 0) is 59.2 Å². The van der Waals surface area contributed by atoms with Crippen LogP contribution in [0.25, 0.3) is 12.3 Å². The van der Waals surface area contributed by atoms with E-state index in [9.17, 15) is 0 Å². The Labute approximate surface area is 71.0 Å². The van der Waals surface area contributed by atoms with Crippen molar-refractivity contribution in [1.82, 2.24) is 0 Å². The Bertz CT molecular complexity index is 7.61. The van der Waals surface area contributed by atoms with Gasteiger partial charge in [0, 0.05) is 38.1 Å². The van der Waals surface area contributed by atoms with Crippen molar-refractivity contribution in [3.8, 4) is 0 Å². The van der Waals surface area contributed by atoms with Gasteiger partial charge in [0.25, 0.3) is 0 Å². The third-order valence-corrected chi connectivity index (χ3v) is 0. The van der Waals surface area contributed by atoms with Gasteiger partial charge in [-0.3, -0.25) is 0 Å². The van der Waals surface area contributed by atoms with Crippen LogP contribution in [0.5, 0.6) is 0 Å². The molecule has 0 unspecified atom stereocenters. The van der Waals surface area contributed by atoms with Crippen LogP contribution < -0.4 is 0 Å². The second-order valence-corrected chi connectivity index (χ2v) is 0. The van der Waals surface area contributed by atoms with Crippen molar-refractivity contribution in [2.45, 2.75) is 0 Å². The first-order chi connectivity index (χ1) is 0. The predicted molar refractivity (Wildman–Crippen MR) is 6.72 cm³/mol. The summed E-state index contributed by atoms with van der Waals surface area (Å²) in [6, 6.07) is 0. The second kappa shape index (κ2) is 40.9.